The van der Waals surface area contributed by atoms with E-state index >= 15 is 0 Å². The third-order valence-electron chi connectivity index (χ3n) is 9.13. The van der Waals surface area contributed by atoms with Gasteiger partial charge in [0.05, 0.1) is 0 Å². The molecule has 380 valence electrons. The zero-order valence-electron chi connectivity index (χ0n) is 32.2. The van der Waals surface area contributed by atoms with Crippen molar-refractivity contribution in [3.8, 4) is 0 Å². The fraction of sp³-hybridized carbons (Fsp3) is 0.917. The fourth-order valence-electron chi connectivity index (χ4n) is 6.78. The van der Waals surface area contributed by atoms with Crippen molar-refractivity contribution < 1.29 is 142 Å². The molecule has 0 N–H and O–H groups in total. The number of hydrogen-bond donors (Lipinski definition) is 0. The molecule has 41 heteroatoms. The van der Waals surface area contributed by atoms with E-state index in [1.54, 1.807) is 0 Å². The SMILES string of the molecule is C=CC[Si]12O[Si]3(CCC(F)(F)F)O[Si]4(CCC(F)(F)F)O[Si](CCC(F)(F)F)(O1)O[Si]1(CCC(F)(F)F)O[Si](CCC(F)(F)F)(O2)O[Si](CCC(F)(F)F)(O3)O[Si](CCC(F)(F)F)(O4)O1. The van der Waals surface area contributed by atoms with Gasteiger partial charge < -0.3 is 49.4 Å². The third-order valence-corrected chi connectivity index (χ3v) is 45.8. The van der Waals surface area contributed by atoms with Crippen LogP contribution in [0.15, 0.2) is 12.7 Å². The molecule has 0 atom stereocenters. The molecule has 6 fully saturated rings. The van der Waals surface area contributed by atoms with E-state index < -0.39 is 207 Å². The largest absolute Gasteiger partial charge is 0.482 e. The molecule has 6 saturated heterocycles. The lowest BCUT2D eigenvalue weighted by Gasteiger charge is -2.63. The molecule has 0 amide bonds. The van der Waals surface area contributed by atoms with E-state index in [9.17, 15) is 92.2 Å². The zero-order valence-corrected chi connectivity index (χ0v) is 40.2. The minimum Gasteiger partial charge on any atom is -0.373 e. The lowest BCUT2D eigenvalue weighted by molar-refractivity contribution is -0.138. The van der Waals surface area contributed by atoms with Crippen molar-refractivity contribution in [2.24, 2.45) is 0 Å². The first-order valence-corrected chi connectivity index (χ1v) is 33.9. The fourth-order valence-corrected chi connectivity index (χ4v) is 56.6. The van der Waals surface area contributed by atoms with Crippen LogP contribution < -0.4 is 0 Å². The Morgan fingerprint density at radius 2 is 0.369 bits per heavy atom. The predicted octanol–water partition coefficient (Wildman–Crippen LogP) is 10.6. The van der Waals surface area contributed by atoms with Crippen LogP contribution in [-0.2, 0) is 49.4 Å². The molecule has 0 spiro atoms. The van der Waals surface area contributed by atoms with Crippen molar-refractivity contribution >= 4 is 70.4 Å². The van der Waals surface area contributed by atoms with Gasteiger partial charge in [-0.2, -0.15) is 92.2 Å². The van der Waals surface area contributed by atoms with E-state index in [-0.39, 0.29) is 0 Å². The monoisotopic (exact) mass is 1140 g/mol. The molecule has 8 bridgehead atoms. The van der Waals surface area contributed by atoms with Crippen LogP contribution in [0.5, 0.6) is 0 Å². The summed E-state index contributed by atoms with van der Waals surface area (Å²) in [6.45, 7) is 3.31. The Morgan fingerprint density at radius 3 is 0.477 bits per heavy atom. The molecular weight excluding hydrogens is 1100 g/mol. The average Bonchev–Trinajstić information content (AvgIpc) is 3.04. The van der Waals surface area contributed by atoms with Gasteiger partial charge in [0.25, 0.3) is 0 Å². The normalized spacial score (nSPS) is 37.1. The van der Waals surface area contributed by atoms with Crippen LogP contribution in [0, 0.1) is 0 Å². The summed E-state index contributed by atoms with van der Waals surface area (Å²) in [7, 11) is -50.9. The molecule has 0 radical (unpaired) electrons. The van der Waals surface area contributed by atoms with Crippen molar-refractivity contribution in [1.29, 1.82) is 0 Å². The van der Waals surface area contributed by atoms with E-state index in [2.05, 4.69) is 6.58 Å². The van der Waals surface area contributed by atoms with Crippen LogP contribution in [0.1, 0.15) is 44.9 Å². The Balaban J connectivity index is 1.99. The highest BCUT2D eigenvalue weighted by Crippen LogP contribution is 2.56. The van der Waals surface area contributed by atoms with Gasteiger partial charge in [-0.05, 0) is 0 Å². The van der Waals surface area contributed by atoms with Gasteiger partial charge in [0.2, 0.25) is 0 Å². The highest BCUT2D eigenvalue weighted by molar-refractivity contribution is 7.03. The quantitative estimate of drug-likeness (QED) is 0.0834. The second-order valence-electron chi connectivity index (χ2n) is 15.0. The first-order chi connectivity index (χ1) is 29.0. The van der Waals surface area contributed by atoms with Gasteiger partial charge in [0, 0.05) is 93.3 Å². The molecule has 0 unspecified atom stereocenters. The summed E-state index contributed by atoms with van der Waals surface area (Å²) in [5.74, 6) is 0. The first-order valence-electron chi connectivity index (χ1n) is 18.5. The van der Waals surface area contributed by atoms with Gasteiger partial charge >= 0.3 is 114 Å². The average molecular weight is 1140 g/mol. The highest BCUT2D eigenvalue weighted by Gasteiger charge is 2.84. The molecule has 0 aromatic rings. The Hall–Kier alpha value is -0.475. The molecule has 12 nitrogen and oxygen atoms in total. The maximum absolute atomic E-state index is 14.2. The Kier molecular flexibility index (Phi) is 15.3. The van der Waals surface area contributed by atoms with E-state index in [1.165, 1.54) is 0 Å². The van der Waals surface area contributed by atoms with Crippen LogP contribution in [-0.4, -0.2) is 114 Å². The van der Waals surface area contributed by atoms with Crippen LogP contribution in [0.2, 0.25) is 48.4 Å². The van der Waals surface area contributed by atoms with Gasteiger partial charge in [-0.15, -0.1) is 6.58 Å². The Labute approximate surface area is 360 Å². The Morgan fingerprint density at radius 1 is 0.246 bits per heavy atom. The molecule has 6 aliphatic rings. The number of alkyl halides is 21. The van der Waals surface area contributed by atoms with Gasteiger partial charge in [-0.3, -0.25) is 0 Å². The summed E-state index contributed by atoms with van der Waals surface area (Å²) >= 11 is 0. The van der Waals surface area contributed by atoms with Crippen LogP contribution in [0.4, 0.5) is 92.2 Å². The van der Waals surface area contributed by atoms with Gasteiger partial charge in [-0.25, -0.2) is 0 Å². The van der Waals surface area contributed by atoms with Crippen LogP contribution >= 0.6 is 0 Å². The molecule has 0 aromatic heterocycles. The second-order valence-corrected chi connectivity index (χ2v) is 39.6. The van der Waals surface area contributed by atoms with E-state index in [0.717, 1.165) is 0 Å². The summed E-state index contributed by atoms with van der Waals surface area (Å²) in [4.78, 5) is 0. The third kappa shape index (κ3) is 15.5. The molecule has 6 heterocycles. The summed E-state index contributed by atoms with van der Waals surface area (Å²) in [6, 6.07) is -14.8. The first kappa shape index (κ1) is 55.5. The van der Waals surface area contributed by atoms with Crippen LogP contribution in [0.25, 0.3) is 0 Å². The molecule has 6 aliphatic heterocycles. The molecule has 0 saturated carbocycles. The molecular formula is C24H33F21O12Si8. The van der Waals surface area contributed by atoms with Gasteiger partial charge in [-0.1, -0.05) is 6.08 Å². The summed E-state index contributed by atoms with van der Waals surface area (Å²) in [5.41, 5.74) is 0. The van der Waals surface area contributed by atoms with Crippen molar-refractivity contribution in [3.05, 3.63) is 12.7 Å². The van der Waals surface area contributed by atoms with Crippen molar-refractivity contribution in [2.75, 3.05) is 0 Å². The lowest BCUT2D eigenvalue weighted by atomic mass is 10.5. The second kappa shape index (κ2) is 18.0. The van der Waals surface area contributed by atoms with Crippen LogP contribution in [0.3, 0.4) is 0 Å². The number of hydrogen-bond acceptors (Lipinski definition) is 12. The summed E-state index contributed by atoms with van der Waals surface area (Å²) in [6.07, 6.45) is -53.7. The summed E-state index contributed by atoms with van der Waals surface area (Å²) < 4.78 is 368. The minimum absolute atomic E-state index is 0.638. The molecule has 6 rings (SSSR count). The van der Waals surface area contributed by atoms with E-state index in [4.69, 9.17) is 49.4 Å². The van der Waals surface area contributed by atoms with Gasteiger partial charge in [0.1, 0.15) is 0 Å². The minimum atomic E-state index is -6.54. The van der Waals surface area contributed by atoms with E-state index in [0.29, 0.717) is 6.08 Å². The molecule has 0 aliphatic carbocycles. The Bertz CT molecular complexity index is 1510. The van der Waals surface area contributed by atoms with Crippen molar-refractivity contribution in [2.45, 2.75) is 137 Å². The van der Waals surface area contributed by atoms with Crippen molar-refractivity contribution in [1.82, 2.24) is 0 Å². The number of allylic oxidation sites excluding steroid dienone is 1. The van der Waals surface area contributed by atoms with Gasteiger partial charge in [0.15, 0.2) is 0 Å². The number of halogens is 21. The molecule has 0 aromatic carbocycles. The predicted molar refractivity (Wildman–Crippen MR) is 182 cm³/mol. The highest BCUT2D eigenvalue weighted by atomic mass is 28.6. The number of rotatable bonds is 16. The van der Waals surface area contributed by atoms with E-state index in [1.807, 2.05) is 0 Å². The maximum Gasteiger partial charge on any atom is 0.482 e. The lowest BCUT2D eigenvalue weighted by Crippen LogP contribution is -2.88. The molecule has 65 heavy (non-hydrogen) atoms. The smallest absolute Gasteiger partial charge is 0.373 e. The topological polar surface area (TPSA) is 111 Å². The maximum atomic E-state index is 14.2. The zero-order chi connectivity index (χ0) is 49.3. The van der Waals surface area contributed by atoms with Crippen molar-refractivity contribution in [3.63, 3.8) is 0 Å². The summed E-state index contributed by atoms with van der Waals surface area (Å²) in [5, 5.41) is 0. The standard InChI is InChI=1S/C24H33F21O12Si8/c1-2-10-58-46-59(11-3-18(25,26)27)49-62(14-6-21(34,35)36)51-60(47-58,12-4-19(28,29)30)53-64(16-8-23(40,41)42)54-61(48-58,13-5-20(31,32)33)52-63(50-59,15-7-22(37,38)39)56-65(55-62,57-64)17-9-24(43,44)45/h2H,1,3-17H2.